The van der Waals surface area contributed by atoms with Crippen LogP contribution in [0.3, 0.4) is 0 Å². The minimum absolute atomic E-state index is 0.000707. The maximum absolute atomic E-state index is 14.1. The molecule has 0 saturated heterocycles. The Bertz CT molecular complexity index is 1020. The van der Waals surface area contributed by atoms with E-state index in [2.05, 4.69) is 10.3 Å². The summed E-state index contributed by atoms with van der Waals surface area (Å²) in [5.74, 6) is -3.68. The molecule has 2 aromatic rings. The molecule has 2 heterocycles. The molecule has 0 spiro atoms. The normalized spacial score (nSPS) is 15.5. The third kappa shape index (κ3) is 5.15. The topological polar surface area (TPSA) is 85.7 Å². The fourth-order valence-electron chi connectivity index (χ4n) is 3.11. The molecular formula is C21H21Cl2F2N3O3. The summed E-state index contributed by atoms with van der Waals surface area (Å²) in [4.78, 5) is 18.1. The van der Waals surface area contributed by atoms with E-state index < -0.39 is 24.2 Å². The Morgan fingerprint density at radius 1 is 1.32 bits per heavy atom. The number of pyridine rings is 1. The average Bonchev–Trinajstić information content (AvgIpc) is 2.75. The largest absolute Gasteiger partial charge is 0.393 e. The summed E-state index contributed by atoms with van der Waals surface area (Å²) in [6.45, 7) is 1.45. The van der Waals surface area contributed by atoms with Crippen molar-refractivity contribution in [2.75, 3.05) is 25.0 Å². The van der Waals surface area contributed by atoms with Crippen LogP contribution in [0, 0.1) is 6.92 Å². The lowest BCUT2D eigenvalue weighted by Gasteiger charge is -2.27. The molecule has 1 aliphatic heterocycles. The number of benzene rings is 1. The van der Waals surface area contributed by atoms with Crippen molar-refractivity contribution in [3.8, 4) is 0 Å². The lowest BCUT2D eigenvalue weighted by Crippen LogP contribution is -2.38. The van der Waals surface area contributed by atoms with Crippen molar-refractivity contribution in [2.45, 2.75) is 25.4 Å². The Morgan fingerprint density at radius 2 is 2.06 bits per heavy atom. The van der Waals surface area contributed by atoms with Gasteiger partial charge in [0.1, 0.15) is 6.10 Å². The third-order valence-corrected chi connectivity index (χ3v) is 5.74. The molecular weight excluding hydrogens is 451 g/mol. The molecule has 1 aromatic heterocycles. The van der Waals surface area contributed by atoms with E-state index in [9.17, 15) is 18.7 Å². The first-order valence-electron chi connectivity index (χ1n) is 9.47. The maximum atomic E-state index is 14.1. The summed E-state index contributed by atoms with van der Waals surface area (Å²) in [6, 6.07) is 5.99. The lowest BCUT2D eigenvalue weighted by molar-refractivity contribution is -0.131. The van der Waals surface area contributed by atoms with Crippen LogP contribution in [0.4, 0.5) is 19.3 Å². The number of anilines is 1. The van der Waals surface area contributed by atoms with Crippen LogP contribution in [0.25, 0.3) is 5.57 Å². The number of carbonyl (C=O) groups is 1. The maximum Gasteiger partial charge on any atom is 0.322 e. The van der Waals surface area contributed by atoms with Crippen LogP contribution in [-0.4, -0.2) is 51.9 Å². The van der Waals surface area contributed by atoms with E-state index in [0.29, 0.717) is 35.9 Å². The van der Waals surface area contributed by atoms with Crippen LogP contribution in [0.5, 0.6) is 0 Å². The van der Waals surface area contributed by atoms with E-state index in [1.54, 1.807) is 23.1 Å². The number of hydrogen-bond donors (Lipinski definition) is 3. The first-order valence-corrected chi connectivity index (χ1v) is 10.2. The number of nitrogens with one attached hydrogen (secondary N) is 1. The Hall–Kier alpha value is -2.26. The number of nitrogens with zero attached hydrogens (tertiary/aromatic N) is 2. The number of halogens is 4. The van der Waals surface area contributed by atoms with Gasteiger partial charge < -0.3 is 20.4 Å². The number of aliphatic hydroxyl groups is 2. The second kappa shape index (κ2) is 9.48. The van der Waals surface area contributed by atoms with Crippen LogP contribution in [0.15, 0.2) is 36.5 Å². The fraction of sp³-hybridized carbons (Fsp3) is 0.333. The van der Waals surface area contributed by atoms with Gasteiger partial charge in [-0.1, -0.05) is 35.3 Å². The van der Waals surface area contributed by atoms with Crippen molar-refractivity contribution in [1.29, 1.82) is 0 Å². The summed E-state index contributed by atoms with van der Waals surface area (Å²) in [7, 11) is 0. The second-order valence-corrected chi connectivity index (χ2v) is 8.01. The predicted octanol–water partition coefficient (Wildman–Crippen LogP) is 4.46. The van der Waals surface area contributed by atoms with Crippen molar-refractivity contribution in [3.05, 3.63) is 63.4 Å². The minimum atomic E-state index is -3.68. The van der Waals surface area contributed by atoms with Crippen LogP contribution in [-0.2, 0) is 5.92 Å². The van der Waals surface area contributed by atoms with Gasteiger partial charge in [0.15, 0.2) is 0 Å². The Kier molecular flexibility index (Phi) is 7.16. The number of urea groups is 1. The SMILES string of the molecule is Cc1ccc(NC(=O)N2CC=C(c3ncc(C(F)(F)[C@@H](O)CO)cc3Cl)CC2)cc1Cl. The van der Waals surface area contributed by atoms with Gasteiger partial charge in [0, 0.05) is 35.6 Å². The van der Waals surface area contributed by atoms with Crippen molar-refractivity contribution >= 4 is 40.5 Å². The van der Waals surface area contributed by atoms with Gasteiger partial charge in [-0.3, -0.25) is 4.98 Å². The average molecular weight is 472 g/mol. The molecule has 166 valence electrons. The number of alkyl halides is 2. The van der Waals surface area contributed by atoms with E-state index in [1.165, 1.54) is 0 Å². The van der Waals surface area contributed by atoms with Gasteiger partial charge in [-0.05, 0) is 42.7 Å². The number of rotatable bonds is 5. The van der Waals surface area contributed by atoms with E-state index in [-0.39, 0.29) is 11.1 Å². The molecule has 1 aliphatic rings. The molecule has 0 radical (unpaired) electrons. The molecule has 1 aromatic carbocycles. The number of carbonyl (C=O) groups excluding carboxylic acids is 1. The van der Waals surface area contributed by atoms with Crippen molar-refractivity contribution in [1.82, 2.24) is 9.88 Å². The summed E-state index contributed by atoms with van der Waals surface area (Å²) < 4.78 is 28.2. The van der Waals surface area contributed by atoms with Crippen LogP contribution in [0.2, 0.25) is 10.0 Å². The third-order valence-electron chi connectivity index (χ3n) is 5.04. The lowest BCUT2D eigenvalue weighted by atomic mass is 10.0. The number of aryl methyl sites for hydroxylation is 1. The van der Waals surface area contributed by atoms with Crippen molar-refractivity contribution in [2.24, 2.45) is 0 Å². The highest BCUT2D eigenvalue weighted by Crippen LogP contribution is 2.35. The highest BCUT2D eigenvalue weighted by molar-refractivity contribution is 6.32. The van der Waals surface area contributed by atoms with Crippen molar-refractivity contribution < 1.29 is 23.8 Å². The van der Waals surface area contributed by atoms with Crippen LogP contribution >= 0.6 is 23.2 Å². The standard InChI is InChI=1S/C21H21Cl2F2N3O3/c1-12-2-3-15(9-16(12)22)27-20(31)28-6-4-13(5-7-28)19-17(23)8-14(10-26-19)21(24,25)18(30)11-29/h2-4,8-10,18,29-30H,5-7,11H2,1H3,(H,27,31)/t18-/m0/s1. The summed E-state index contributed by atoms with van der Waals surface area (Å²) in [5, 5.41) is 21.5. The van der Waals surface area contributed by atoms with Gasteiger partial charge >= 0.3 is 12.0 Å². The zero-order valence-electron chi connectivity index (χ0n) is 16.6. The highest BCUT2D eigenvalue weighted by Gasteiger charge is 2.40. The van der Waals surface area contributed by atoms with Crippen LogP contribution < -0.4 is 5.32 Å². The Morgan fingerprint density at radius 3 is 2.65 bits per heavy atom. The quantitative estimate of drug-likeness (QED) is 0.600. The Balaban J connectivity index is 1.69. The van der Waals surface area contributed by atoms with Crippen molar-refractivity contribution in [3.63, 3.8) is 0 Å². The first-order chi connectivity index (χ1) is 14.6. The van der Waals surface area contributed by atoms with Gasteiger partial charge in [0.2, 0.25) is 0 Å². The smallest absolute Gasteiger partial charge is 0.322 e. The van der Waals surface area contributed by atoms with E-state index in [4.69, 9.17) is 28.3 Å². The molecule has 2 amide bonds. The Labute approximate surface area is 188 Å². The molecule has 0 bridgehead atoms. The monoisotopic (exact) mass is 471 g/mol. The molecule has 6 nitrogen and oxygen atoms in total. The molecule has 0 unspecified atom stereocenters. The van der Waals surface area contributed by atoms with Crippen LogP contribution in [0.1, 0.15) is 23.2 Å². The van der Waals surface area contributed by atoms with E-state index in [1.807, 2.05) is 13.0 Å². The molecule has 1 atom stereocenters. The number of hydrogen-bond acceptors (Lipinski definition) is 4. The molecule has 31 heavy (non-hydrogen) atoms. The van der Waals surface area contributed by atoms with E-state index >= 15 is 0 Å². The fourth-order valence-corrected chi connectivity index (χ4v) is 3.57. The van der Waals surface area contributed by atoms with Gasteiger partial charge in [-0.25, -0.2) is 4.79 Å². The minimum Gasteiger partial charge on any atom is -0.393 e. The number of amides is 2. The number of aliphatic hydroxyl groups excluding tert-OH is 2. The highest BCUT2D eigenvalue weighted by atomic mass is 35.5. The number of aromatic nitrogens is 1. The van der Waals surface area contributed by atoms with Gasteiger partial charge in [-0.2, -0.15) is 8.78 Å². The van der Waals surface area contributed by atoms with Gasteiger partial charge in [0.05, 0.1) is 17.3 Å². The molecule has 0 saturated carbocycles. The van der Waals surface area contributed by atoms with E-state index in [0.717, 1.165) is 23.4 Å². The predicted molar refractivity (Wildman–Crippen MR) is 116 cm³/mol. The second-order valence-electron chi connectivity index (χ2n) is 7.20. The van der Waals surface area contributed by atoms with Gasteiger partial charge in [-0.15, -0.1) is 0 Å². The summed E-state index contributed by atoms with van der Waals surface area (Å²) >= 11 is 12.2. The zero-order chi connectivity index (χ0) is 22.8. The zero-order valence-corrected chi connectivity index (χ0v) is 18.1. The summed E-state index contributed by atoms with van der Waals surface area (Å²) in [6.07, 6.45) is 0.880. The molecule has 3 rings (SSSR count). The molecule has 0 fully saturated rings. The summed E-state index contributed by atoms with van der Waals surface area (Å²) in [5.41, 5.74) is 1.97. The molecule has 10 heteroatoms. The van der Waals surface area contributed by atoms with Gasteiger partial charge in [0.25, 0.3) is 0 Å². The first kappa shape index (κ1) is 23.4. The molecule has 3 N–H and O–H groups in total. The molecule has 0 aliphatic carbocycles.